The Hall–Kier alpha value is -1.78. The lowest BCUT2D eigenvalue weighted by atomic mass is 9.94. The first-order valence-electron chi connectivity index (χ1n) is 15.9. The van der Waals surface area contributed by atoms with Gasteiger partial charge in [-0.05, 0) is 6.92 Å². The van der Waals surface area contributed by atoms with Crippen molar-refractivity contribution in [1.82, 2.24) is 10.6 Å². The smallest absolute Gasteiger partial charge is 0.217 e. The Morgan fingerprint density at radius 2 is 0.980 bits per heavy atom. The van der Waals surface area contributed by atoms with E-state index in [-0.39, 0.29) is 0 Å². The molecule has 0 aromatic heterocycles. The minimum absolute atomic E-state index is 0.645. The molecule has 22 heteroatoms. The van der Waals surface area contributed by atoms with Crippen LogP contribution in [0, 0.1) is 0 Å². The fourth-order valence-electron chi connectivity index (χ4n) is 6.29. The van der Waals surface area contributed by atoms with Crippen LogP contribution in [0.3, 0.4) is 0 Å². The summed E-state index contributed by atoms with van der Waals surface area (Å²) in [5, 5.41) is 120. The number of nitrogens with one attached hydrogen (secondary N) is 2. The number of ether oxygens (including phenoxy) is 7. The second-order valence-corrected chi connectivity index (χ2v) is 12.6. The van der Waals surface area contributed by atoms with Crippen LogP contribution in [0.5, 0.6) is 0 Å². The molecule has 0 aromatic rings. The standard InChI is InChI=1S/C28H48N2O20/c1-7-15(36)24(50-27-20(41)19(40)16(37)10(4-31)46-27)21(42)28(44-7)49-23-12(6-33)47-26(14(18(23)39)30-9(3)35)48-22-11(5-32)45-25(43)13(17(22)38)29-8(2)34/h7,10-28,31-33,36-43H,4-6H2,1-3H3,(H,29,34)(H,30,35)/t7-,10+,11+,12+,13+,14+,15+,16-,17+,18+,19-,20+,21-,22+,23+,24+,25?,26-,27-,28-/m0/s1. The van der Waals surface area contributed by atoms with Gasteiger partial charge in [-0.1, -0.05) is 0 Å². The van der Waals surface area contributed by atoms with Crippen molar-refractivity contribution in [2.24, 2.45) is 0 Å². The van der Waals surface area contributed by atoms with Crippen LogP contribution in [-0.4, -0.2) is 211 Å². The molecule has 4 heterocycles. The van der Waals surface area contributed by atoms with Crippen LogP contribution in [0.25, 0.3) is 0 Å². The summed E-state index contributed by atoms with van der Waals surface area (Å²) in [7, 11) is 0. The van der Waals surface area contributed by atoms with Gasteiger partial charge in [-0.2, -0.15) is 0 Å². The molecule has 0 saturated carbocycles. The van der Waals surface area contributed by atoms with Gasteiger partial charge in [0.25, 0.3) is 0 Å². The van der Waals surface area contributed by atoms with Gasteiger partial charge in [0.1, 0.15) is 91.4 Å². The molecule has 0 aliphatic carbocycles. The van der Waals surface area contributed by atoms with E-state index in [2.05, 4.69) is 10.6 Å². The van der Waals surface area contributed by atoms with E-state index in [0.29, 0.717) is 0 Å². The number of carbonyl (C=O) groups is 2. The third kappa shape index (κ3) is 8.70. The summed E-state index contributed by atoms with van der Waals surface area (Å²) in [5.41, 5.74) is 0. The van der Waals surface area contributed by atoms with E-state index in [1.54, 1.807) is 0 Å². The average molecular weight is 733 g/mol. The highest BCUT2D eigenvalue weighted by atomic mass is 16.8. The second-order valence-electron chi connectivity index (χ2n) is 12.6. The molecule has 4 saturated heterocycles. The molecule has 0 aromatic carbocycles. The molecule has 1 unspecified atom stereocenters. The highest BCUT2D eigenvalue weighted by Gasteiger charge is 2.55. The Labute approximate surface area is 285 Å². The number of amides is 2. The van der Waals surface area contributed by atoms with Crippen molar-refractivity contribution in [2.45, 2.75) is 143 Å². The van der Waals surface area contributed by atoms with Crippen LogP contribution < -0.4 is 10.6 Å². The van der Waals surface area contributed by atoms with Gasteiger partial charge < -0.3 is 100.0 Å². The quantitative estimate of drug-likeness (QED) is 0.0938. The maximum absolute atomic E-state index is 12.2. The molecule has 2 amide bonds. The maximum Gasteiger partial charge on any atom is 0.217 e. The zero-order chi connectivity index (χ0) is 37.2. The Balaban J connectivity index is 1.54. The van der Waals surface area contributed by atoms with Gasteiger partial charge >= 0.3 is 0 Å². The fourth-order valence-corrected chi connectivity index (χ4v) is 6.29. The van der Waals surface area contributed by atoms with Crippen molar-refractivity contribution in [1.29, 1.82) is 0 Å². The first kappa shape index (κ1) is 41.0. The van der Waals surface area contributed by atoms with Crippen LogP contribution in [0.1, 0.15) is 20.8 Å². The zero-order valence-electron chi connectivity index (χ0n) is 27.3. The molecule has 0 spiro atoms. The van der Waals surface area contributed by atoms with Crippen molar-refractivity contribution in [3.05, 3.63) is 0 Å². The summed E-state index contributed by atoms with van der Waals surface area (Å²) in [6.07, 6.45) is -29.8. The number of aliphatic hydroxyl groups is 11. The molecule has 13 N–H and O–H groups in total. The van der Waals surface area contributed by atoms with Gasteiger partial charge in [0.05, 0.1) is 25.9 Å². The molecular weight excluding hydrogens is 684 g/mol. The minimum atomic E-state index is -1.93. The van der Waals surface area contributed by atoms with Crippen LogP contribution in [0.2, 0.25) is 0 Å². The molecule has 4 aliphatic heterocycles. The predicted molar refractivity (Wildman–Crippen MR) is 156 cm³/mol. The van der Waals surface area contributed by atoms with Gasteiger partial charge in [0.15, 0.2) is 25.2 Å². The molecule has 4 fully saturated rings. The topological polar surface area (TPSA) is 345 Å². The molecule has 0 radical (unpaired) electrons. The van der Waals surface area contributed by atoms with Gasteiger partial charge in [0.2, 0.25) is 11.8 Å². The summed E-state index contributed by atoms with van der Waals surface area (Å²) < 4.78 is 39.4. The van der Waals surface area contributed by atoms with Gasteiger partial charge in [0, 0.05) is 13.8 Å². The molecule has 290 valence electrons. The SMILES string of the molecule is CC(=O)N[C@H]1[C@H](O[C@H]2[C@H](O)[C@@H](NC(C)=O)C(O)O[C@@H]2CO)O[C@H](CO)[C@@H](O[C@@H]2O[C@@H](C)[C@@H](O)[C@@H](O[C@@H]3O[C@H](CO)[C@H](O)[C@H](O)[C@H]3O)[C@@H]2O)[C@@H]1O. The molecule has 22 nitrogen and oxygen atoms in total. The van der Waals surface area contributed by atoms with Crippen molar-refractivity contribution in [2.75, 3.05) is 19.8 Å². The van der Waals surface area contributed by atoms with Crippen LogP contribution >= 0.6 is 0 Å². The van der Waals surface area contributed by atoms with Crippen LogP contribution in [0.15, 0.2) is 0 Å². The fraction of sp³-hybridized carbons (Fsp3) is 0.929. The van der Waals surface area contributed by atoms with Crippen molar-refractivity contribution in [3.63, 3.8) is 0 Å². The molecule has 50 heavy (non-hydrogen) atoms. The number of rotatable bonds is 11. The summed E-state index contributed by atoms with van der Waals surface area (Å²) in [6, 6.07) is -2.97. The maximum atomic E-state index is 12.2. The van der Waals surface area contributed by atoms with Crippen LogP contribution in [0.4, 0.5) is 0 Å². The predicted octanol–water partition coefficient (Wildman–Crippen LogP) is -8.43. The lowest BCUT2D eigenvalue weighted by Crippen LogP contribution is -2.70. The van der Waals surface area contributed by atoms with E-state index in [0.717, 1.165) is 13.8 Å². The summed E-state index contributed by atoms with van der Waals surface area (Å²) in [5.74, 6) is -1.36. The first-order valence-corrected chi connectivity index (χ1v) is 15.9. The monoisotopic (exact) mass is 732 g/mol. The molecule has 0 bridgehead atoms. The van der Waals surface area contributed by atoms with Crippen LogP contribution in [-0.2, 0) is 42.7 Å². The Kier molecular flexibility index (Phi) is 14.2. The van der Waals surface area contributed by atoms with E-state index < -0.39 is 154 Å². The van der Waals surface area contributed by atoms with Gasteiger partial charge in [-0.3, -0.25) is 9.59 Å². The van der Waals surface area contributed by atoms with E-state index in [1.165, 1.54) is 6.92 Å². The lowest BCUT2D eigenvalue weighted by Gasteiger charge is -2.50. The normalized spacial score (nSPS) is 48.5. The average Bonchev–Trinajstić information content (AvgIpc) is 3.06. The summed E-state index contributed by atoms with van der Waals surface area (Å²) in [4.78, 5) is 23.9. The van der Waals surface area contributed by atoms with Crippen molar-refractivity contribution in [3.8, 4) is 0 Å². The van der Waals surface area contributed by atoms with Crippen molar-refractivity contribution < 1.29 is 98.9 Å². The lowest BCUT2D eigenvalue weighted by molar-refractivity contribution is -0.377. The Morgan fingerprint density at radius 3 is 1.54 bits per heavy atom. The Bertz CT molecular complexity index is 1120. The highest BCUT2D eigenvalue weighted by molar-refractivity contribution is 5.73. The molecule has 4 aliphatic rings. The van der Waals surface area contributed by atoms with Gasteiger partial charge in [-0.15, -0.1) is 0 Å². The second kappa shape index (κ2) is 17.4. The van der Waals surface area contributed by atoms with E-state index >= 15 is 0 Å². The van der Waals surface area contributed by atoms with E-state index in [9.17, 15) is 65.8 Å². The van der Waals surface area contributed by atoms with Gasteiger partial charge in [-0.25, -0.2) is 0 Å². The Morgan fingerprint density at radius 1 is 0.520 bits per heavy atom. The molecular formula is C28H48N2O20. The first-order chi connectivity index (χ1) is 23.5. The largest absolute Gasteiger partial charge is 0.394 e. The number of aliphatic hydroxyl groups excluding tert-OH is 11. The molecule has 4 rings (SSSR count). The third-order valence-electron chi connectivity index (χ3n) is 8.97. The van der Waals surface area contributed by atoms with E-state index in [1.807, 2.05) is 0 Å². The minimum Gasteiger partial charge on any atom is -0.394 e. The summed E-state index contributed by atoms with van der Waals surface area (Å²) in [6.45, 7) is 1.12. The zero-order valence-corrected chi connectivity index (χ0v) is 27.3. The number of carbonyl (C=O) groups excluding carboxylic acids is 2. The number of hydrogen-bond acceptors (Lipinski definition) is 20. The van der Waals surface area contributed by atoms with E-state index in [4.69, 9.17) is 33.2 Å². The molecule has 20 atom stereocenters. The van der Waals surface area contributed by atoms with Crippen molar-refractivity contribution >= 4 is 11.8 Å². The highest BCUT2D eigenvalue weighted by Crippen LogP contribution is 2.34. The third-order valence-corrected chi connectivity index (χ3v) is 8.97. The number of hydrogen-bond donors (Lipinski definition) is 13. The summed E-state index contributed by atoms with van der Waals surface area (Å²) >= 11 is 0.